The molecule has 24 heavy (non-hydrogen) atoms. The summed E-state index contributed by atoms with van der Waals surface area (Å²) >= 11 is 0. The zero-order chi connectivity index (χ0) is 17.8. The Bertz CT molecular complexity index is 1060. The molecule has 0 radical (unpaired) electrons. The lowest BCUT2D eigenvalue weighted by molar-refractivity contribution is -0.385. The summed E-state index contributed by atoms with van der Waals surface area (Å²) in [5, 5.41) is 11.3. The van der Waals surface area contributed by atoms with Crippen LogP contribution in [0.2, 0.25) is 0 Å². The van der Waals surface area contributed by atoms with Gasteiger partial charge in [-0.3, -0.25) is 24.3 Å². The summed E-state index contributed by atoms with van der Waals surface area (Å²) in [4.78, 5) is 34.4. The fourth-order valence-electron chi connectivity index (χ4n) is 2.63. The third-order valence-corrected chi connectivity index (χ3v) is 4.55. The van der Waals surface area contributed by atoms with Crippen molar-refractivity contribution in [3.05, 3.63) is 62.7 Å². The Morgan fingerprint density at radius 1 is 1.04 bits per heavy atom. The van der Waals surface area contributed by atoms with Crippen molar-refractivity contribution in [2.75, 3.05) is 5.73 Å². The summed E-state index contributed by atoms with van der Waals surface area (Å²) in [5.74, 6) is -1.65. The highest BCUT2D eigenvalue weighted by Crippen LogP contribution is 2.39. The van der Waals surface area contributed by atoms with Gasteiger partial charge in [-0.05, 0) is 0 Å². The van der Waals surface area contributed by atoms with Crippen LogP contribution in [-0.2, 0) is 10.1 Å². The van der Waals surface area contributed by atoms with E-state index in [1.165, 1.54) is 24.3 Å². The van der Waals surface area contributed by atoms with Gasteiger partial charge in [0.1, 0.15) is 10.5 Å². The van der Waals surface area contributed by atoms with E-state index in [2.05, 4.69) is 0 Å². The number of nitrogens with zero attached hydrogens (tertiary/aromatic N) is 1. The van der Waals surface area contributed by atoms with Gasteiger partial charge >= 0.3 is 0 Å². The maximum atomic E-state index is 12.6. The topological polar surface area (TPSA) is 158 Å². The largest absolute Gasteiger partial charge is 0.397 e. The second-order valence-corrected chi connectivity index (χ2v) is 6.38. The first-order chi connectivity index (χ1) is 11.1. The maximum Gasteiger partial charge on any atom is 0.296 e. The number of nitrogen functional groups attached to an aromatic ring is 1. The van der Waals surface area contributed by atoms with Crippen LogP contribution in [0.5, 0.6) is 0 Å². The van der Waals surface area contributed by atoms with E-state index in [1.54, 1.807) is 0 Å². The molecule has 0 aliphatic heterocycles. The number of benzene rings is 2. The van der Waals surface area contributed by atoms with Gasteiger partial charge in [0.15, 0.2) is 5.78 Å². The summed E-state index contributed by atoms with van der Waals surface area (Å²) in [5.41, 5.74) is 2.73. The van der Waals surface area contributed by atoms with E-state index in [-0.39, 0.29) is 11.1 Å². The third-order valence-electron chi connectivity index (χ3n) is 3.65. The number of fused-ring (bicyclic) bond motifs is 2. The van der Waals surface area contributed by atoms with Crippen molar-refractivity contribution in [3.8, 4) is 0 Å². The number of nitrogens with two attached hydrogens (primary N) is 1. The fraction of sp³-hybridized carbons (Fsp3) is 0. The molecule has 9 nitrogen and oxygen atoms in total. The first-order valence-corrected chi connectivity index (χ1v) is 7.85. The van der Waals surface area contributed by atoms with E-state index < -0.39 is 54.0 Å². The Balaban J connectivity index is 2.50. The lowest BCUT2D eigenvalue weighted by Crippen LogP contribution is -2.25. The van der Waals surface area contributed by atoms with Crippen LogP contribution in [0.25, 0.3) is 0 Å². The molecule has 2 aromatic rings. The lowest BCUT2D eigenvalue weighted by atomic mass is 9.82. The zero-order valence-electron chi connectivity index (χ0n) is 11.7. The average Bonchev–Trinajstić information content (AvgIpc) is 2.50. The molecule has 3 rings (SSSR count). The minimum absolute atomic E-state index is 0.0443. The zero-order valence-corrected chi connectivity index (χ0v) is 12.5. The Labute approximate surface area is 134 Å². The predicted octanol–water partition coefficient (Wildman–Crippen LogP) is 1.20. The van der Waals surface area contributed by atoms with Crippen LogP contribution in [-0.4, -0.2) is 29.5 Å². The molecule has 0 atom stereocenters. The Morgan fingerprint density at radius 2 is 1.54 bits per heavy atom. The highest BCUT2D eigenvalue weighted by Gasteiger charge is 2.39. The number of carbonyl (C=O) groups is 2. The Hall–Kier alpha value is -3.11. The Kier molecular flexibility index (Phi) is 3.25. The summed E-state index contributed by atoms with van der Waals surface area (Å²) in [6.07, 6.45) is 0. The number of anilines is 1. The molecule has 0 saturated carbocycles. The van der Waals surface area contributed by atoms with E-state index in [4.69, 9.17) is 5.73 Å². The normalized spacial score (nSPS) is 13.4. The molecule has 0 amide bonds. The molecular weight excluding hydrogens is 340 g/mol. The summed E-state index contributed by atoms with van der Waals surface area (Å²) in [7, 11) is -4.93. The van der Waals surface area contributed by atoms with Gasteiger partial charge < -0.3 is 5.73 Å². The molecule has 0 spiro atoms. The van der Waals surface area contributed by atoms with E-state index in [0.717, 1.165) is 0 Å². The highest BCUT2D eigenvalue weighted by molar-refractivity contribution is 7.86. The van der Waals surface area contributed by atoms with Crippen LogP contribution in [0, 0.1) is 10.1 Å². The lowest BCUT2D eigenvalue weighted by Gasteiger charge is -2.19. The molecule has 0 aromatic heterocycles. The molecule has 0 saturated heterocycles. The molecule has 10 heteroatoms. The van der Waals surface area contributed by atoms with Crippen molar-refractivity contribution >= 4 is 33.1 Å². The van der Waals surface area contributed by atoms with E-state index in [1.807, 2.05) is 0 Å². The first kappa shape index (κ1) is 15.8. The molecule has 1 aliphatic carbocycles. The quantitative estimate of drug-likeness (QED) is 0.302. The van der Waals surface area contributed by atoms with Crippen molar-refractivity contribution in [1.29, 1.82) is 0 Å². The van der Waals surface area contributed by atoms with Gasteiger partial charge in [-0.15, -0.1) is 0 Å². The number of hydrogen-bond donors (Lipinski definition) is 2. The fourth-order valence-corrected chi connectivity index (χ4v) is 3.27. The highest BCUT2D eigenvalue weighted by atomic mass is 32.2. The van der Waals surface area contributed by atoms with Gasteiger partial charge in [0.25, 0.3) is 15.8 Å². The molecule has 0 fully saturated rings. The second-order valence-electron chi connectivity index (χ2n) is 4.99. The van der Waals surface area contributed by atoms with Crippen molar-refractivity contribution in [2.45, 2.75) is 4.90 Å². The first-order valence-electron chi connectivity index (χ1n) is 6.41. The van der Waals surface area contributed by atoms with Crippen LogP contribution in [0.4, 0.5) is 11.4 Å². The summed E-state index contributed by atoms with van der Waals surface area (Å²) in [6.45, 7) is 0. The predicted molar refractivity (Wildman–Crippen MR) is 80.6 cm³/mol. The maximum absolute atomic E-state index is 12.6. The van der Waals surface area contributed by atoms with Crippen LogP contribution >= 0.6 is 0 Å². The standard InChI is InChI=1S/C14H8N2O7S/c15-12-9(24(21,22)23)5-8(16(19)20)10-11(12)14(18)7-4-2-1-3-6(7)13(10)17/h1-5H,15H2,(H,21,22,23). The third kappa shape index (κ3) is 2.08. The molecular formula is C14H8N2O7S. The van der Waals surface area contributed by atoms with Gasteiger partial charge in [-0.2, -0.15) is 8.42 Å². The van der Waals surface area contributed by atoms with Gasteiger partial charge in [-0.25, -0.2) is 0 Å². The van der Waals surface area contributed by atoms with Crippen molar-refractivity contribution in [1.82, 2.24) is 0 Å². The van der Waals surface area contributed by atoms with Gasteiger partial charge in [0.05, 0.1) is 16.2 Å². The van der Waals surface area contributed by atoms with Gasteiger partial charge in [0, 0.05) is 17.2 Å². The molecule has 2 aromatic carbocycles. The van der Waals surface area contributed by atoms with Crippen LogP contribution < -0.4 is 5.73 Å². The monoisotopic (exact) mass is 348 g/mol. The number of rotatable bonds is 2. The molecule has 3 N–H and O–H groups in total. The summed E-state index contributed by atoms with van der Waals surface area (Å²) in [6, 6.07) is 6.09. The smallest absolute Gasteiger partial charge is 0.296 e. The van der Waals surface area contributed by atoms with E-state index in [0.29, 0.717) is 6.07 Å². The number of ketones is 2. The van der Waals surface area contributed by atoms with E-state index in [9.17, 15) is 32.7 Å². The molecule has 1 aliphatic rings. The van der Waals surface area contributed by atoms with Gasteiger partial charge in [0.2, 0.25) is 5.78 Å². The molecule has 0 unspecified atom stereocenters. The molecule has 0 bridgehead atoms. The summed E-state index contributed by atoms with van der Waals surface area (Å²) < 4.78 is 32.0. The minimum atomic E-state index is -4.93. The van der Waals surface area contributed by atoms with Crippen molar-refractivity contribution in [2.24, 2.45) is 0 Å². The number of hydrogen-bond acceptors (Lipinski definition) is 7. The molecule has 122 valence electrons. The van der Waals surface area contributed by atoms with Crippen molar-refractivity contribution < 1.29 is 27.5 Å². The van der Waals surface area contributed by atoms with Gasteiger partial charge in [-0.1, -0.05) is 24.3 Å². The molecule has 0 heterocycles. The second kappa shape index (κ2) is 4.94. The number of carbonyl (C=O) groups excluding carboxylic acids is 2. The number of nitro benzene ring substituents is 1. The number of nitro groups is 1. The van der Waals surface area contributed by atoms with Crippen LogP contribution in [0.15, 0.2) is 35.2 Å². The van der Waals surface area contributed by atoms with E-state index >= 15 is 0 Å². The van der Waals surface area contributed by atoms with Crippen LogP contribution in [0.1, 0.15) is 31.8 Å². The Morgan fingerprint density at radius 3 is 2.00 bits per heavy atom. The minimum Gasteiger partial charge on any atom is -0.397 e. The average molecular weight is 348 g/mol. The SMILES string of the molecule is Nc1c(S(=O)(=O)O)cc([N+](=O)[O-])c2c1C(=O)c1ccccc1C2=O. The van der Waals surface area contributed by atoms with Crippen molar-refractivity contribution in [3.63, 3.8) is 0 Å². The van der Waals surface area contributed by atoms with Crippen LogP contribution in [0.3, 0.4) is 0 Å².